The number of anilines is 3. The molecule has 13 heteroatoms. The molecule has 2 aliphatic heterocycles. The molecule has 224 valence electrons. The first-order valence-electron chi connectivity index (χ1n) is 13.6. The van der Waals surface area contributed by atoms with Crippen LogP contribution >= 0.6 is 0 Å². The van der Waals surface area contributed by atoms with E-state index in [1.165, 1.54) is 37.1 Å². The van der Waals surface area contributed by atoms with E-state index in [0.717, 1.165) is 6.07 Å². The van der Waals surface area contributed by atoms with Crippen LogP contribution < -0.4 is 15.1 Å². The molecule has 1 aromatic carbocycles. The Kier molecular flexibility index (Phi) is 9.36. The molecule has 1 aromatic heterocycles. The fraction of sp³-hybridized carbons (Fsp3) is 0.448. The Hall–Kier alpha value is -4.18. The zero-order valence-electron chi connectivity index (χ0n) is 23.5. The number of para-hydroxylation sites is 1. The number of aryl methyl sites for hydroxylation is 1. The third kappa shape index (κ3) is 6.65. The fourth-order valence-electron chi connectivity index (χ4n) is 5.40. The highest BCUT2D eigenvalue weighted by molar-refractivity contribution is 6.01. The van der Waals surface area contributed by atoms with Crippen molar-refractivity contribution in [2.75, 3.05) is 68.0 Å². The predicted octanol–water partition coefficient (Wildman–Crippen LogP) is 3.79. The molecular weight excluding hydrogens is 554 g/mol. The van der Waals surface area contributed by atoms with Gasteiger partial charge >= 0.3 is 6.18 Å². The van der Waals surface area contributed by atoms with Crippen LogP contribution in [0, 0.1) is 24.1 Å². The maximum Gasteiger partial charge on any atom is 0.417 e. The van der Waals surface area contributed by atoms with Crippen molar-refractivity contribution in [2.24, 2.45) is 0 Å². The predicted molar refractivity (Wildman–Crippen MR) is 151 cm³/mol. The molecule has 2 aliphatic rings. The van der Waals surface area contributed by atoms with Crippen molar-refractivity contribution in [3.63, 3.8) is 0 Å². The molecule has 2 aromatic rings. The molecule has 1 N–H and O–H groups in total. The monoisotopic (exact) mass is 587 g/mol. The smallest absolute Gasteiger partial charge is 0.367 e. The average molecular weight is 588 g/mol. The van der Waals surface area contributed by atoms with E-state index in [9.17, 15) is 28.0 Å². The number of pyridine rings is 1. The van der Waals surface area contributed by atoms with Gasteiger partial charge in [0.2, 0.25) is 11.8 Å². The van der Waals surface area contributed by atoms with Crippen LogP contribution in [0.1, 0.15) is 29.7 Å². The summed E-state index contributed by atoms with van der Waals surface area (Å²) in [6.07, 6.45) is -2.68. The maximum atomic E-state index is 15.2. The summed E-state index contributed by atoms with van der Waals surface area (Å²) in [4.78, 5) is 36.6. The molecule has 0 bridgehead atoms. The van der Waals surface area contributed by atoms with Gasteiger partial charge in [0.25, 0.3) is 0 Å². The van der Waals surface area contributed by atoms with Gasteiger partial charge in [-0.25, -0.2) is 9.37 Å². The van der Waals surface area contributed by atoms with Crippen molar-refractivity contribution in [1.29, 1.82) is 5.26 Å². The van der Waals surface area contributed by atoms with E-state index in [0.29, 0.717) is 51.4 Å². The minimum atomic E-state index is -4.78. The number of alkyl halides is 3. The molecule has 9 nitrogen and oxygen atoms in total. The van der Waals surface area contributed by atoms with Crippen molar-refractivity contribution in [3.05, 3.63) is 59.6 Å². The van der Waals surface area contributed by atoms with Gasteiger partial charge in [0.1, 0.15) is 29.3 Å². The fourth-order valence-corrected chi connectivity index (χ4v) is 5.40. The summed E-state index contributed by atoms with van der Waals surface area (Å²) in [6.45, 7) is 8.92. The Morgan fingerprint density at radius 3 is 2.57 bits per heavy atom. The topological polar surface area (TPSA) is 95.8 Å². The molecule has 1 atom stereocenters. The summed E-state index contributed by atoms with van der Waals surface area (Å²) in [5, 5.41) is 12.4. The molecule has 0 spiro atoms. The number of hydrogen-bond donors (Lipinski definition) is 1. The minimum absolute atomic E-state index is 0.0409. The SMILES string of the molecule is C=CC(=O)N1CCN(CCCN2CC[C@H](Nc3nc(C)cc(C(F)(F)F)c3C#N)C(=O)N(C)c3cccc(F)c32)CC1. The van der Waals surface area contributed by atoms with Gasteiger partial charge in [0, 0.05) is 52.0 Å². The first kappa shape index (κ1) is 30.8. The number of amides is 2. The maximum absolute atomic E-state index is 15.2. The van der Waals surface area contributed by atoms with E-state index >= 15 is 4.39 Å². The quantitative estimate of drug-likeness (QED) is 0.389. The lowest BCUT2D eigenvalue weighted by Gasteiger charge is -2.37. The molecule has 0 saturated carbocycles. The molecule has 0 radical (unpaired) electrons. The highest BCUT2D eigenvalue weighted by Crippen LogP contribution is 2.37. The number of piperazine rings is 1. The molecule has 4 rings (SSSR count). The molecule has 42 heavy (non-hydrogen) atoms. The number of carbonyl (C=O) groups is 2. The number of benzene rings is 1. The summed E-state index contributed by atoms with van der Waals surface area (Å²) in [5.74, 6) is -1.40. The number of nitrogens with zero attached hydrogens (tertiary/aromatic N) is 6. The Morgan fingerprint density at radius 1 is 1.21 bits per heavy atom. The normalized spacial score (nSPS) is 18.2. The van der Waals surface area contributed by atoms with Crippen LogP contribution in [-0.4, -0.2) is 85.5 Å². The lowest BCUT2D eigenvalue weighted by atomic mass is 10.0. The van der Waals surface area contributed by atoms with Crippen LogP contribution in [-0.2, 0) is 15.8 Å². The van der Waals surface area contributed by atoms with E-state index in [2.05, 4.69) is 21.8 Å². The van der Waals surface area contributed by atoms with E-state index in [1.54, 1.807) is 17.0 Å². The van der Waals surface area contributed by atoms with Crippen molar-refractivity contribution >= 4 is 29.0 Å². The van der Waals surface area contributed by atoms with Crippen LogP contribution in [0.25, 0.3) is 0 Å². The van der Waals surface area contributed by atoms with Crippen LogP contribution in [0.4, 0.5) is 34.8 Å². The minimum Gasteiger partial charge on any atom is -0.367 e. The number of fused-ring (bicyclic) bond motifs is 1. The van der Waals surface area contributed by atoms with E-state index in [-0.39, 0.29) is 36.1 Å². The lowest BCUT2D eigenvalue weighted by molar-refractivity contribution is -0.137. The standard InChI is InChI=1S/C29H33F4N7O2/c1-4-25(41)39-15-13-38(14-16-39)10-6-11-40-12-9-23(28(42)37(3)24-8-5-7-22(30)26(24)40)36-27-20(18-34)21(29(31,32)33)17-19(2)35-27/h4-5,7-8,17,23H,1,6,9-16H2,2-3H3,(H,35,36)/t23-/m0/s1. The van der Waals surface area contributed by atoms with Crippen LogP contribution in [0.3, 0.4) is 0 Å². The van der Waals surface area contributed by atoms with Crippen molar-refractivity contribution in [1.82, 2.24) is 14.8 Å². The highest BCUT2D eigenvalue weighted by atomic mass is 19.4. The van der Waals surface area contributed by atoms with Crippen LogP contribution in [0.15, 0.2) is 36.9 Å². The van der Waals surface area contributed by atoms with Gasteiger partial charge in [-0.1, -0.05) is 12.6 Å². The molecule has 0 unspecified atom stereocenters. The first-order valence-corrected chi connectivity index (χ1v) is 13.6. The number of likely N-dealkylation sites (N-methyl/N-ethyl adjacent to an activating group) is 1. The second-order valence-corrected chi connectivity index (χ2v) is 10.3. The summed E-state index contributed by atoms with van der Waals surface area (Å²) in [6, 6.07) is 5.80. The molecular formula is C29H33F4N7O2. The van der Waals surface area contributed by atoms with Gasteiger partial charge in [0.05, 0.1) is 16.9 Å². The number of carbonyl (C=O) groups excluding carboxylic acids is 2. The number of nitriles is 1. The van der Waals surface area contributed by atoms with Gasteiger partial charge in [-0.2, -0.15) is 18.4 Å². The Labute approximate surface area is 242 Å². The zero-order valence-corrected chi connectivity index (χ0v) is 23.5. The Bertz CT molecular complexity index is 1380. The van der Waals surface area contributed by atoms with Gasteiger partial charge < -0.3 is 20.0 Å². The van der Waals surface area contributed by atoms with E-state index in [4.69, 9.17) is 0 Å². The molecule has 2 amide bonds. The van der Waals surface area contributed by atoms with E-state index < -0.39 is 35.1 Å². The molecule has 0 aliphatic carbocycles. The van der Waals surface area contributed by atoms with Crippen LogP contribution in [0.5, 0.6) is 0 Å². The third-order valence-electron chi connectivity index (χ3n) is 7.60. The summed E-state index contributed by atoms with van der Waals surface area (Å²) in [7, 11) is 1.48. The first-order chi connectivity index (χ1) is 19.9. The molecule has 1 saturated heterocycles. The number of rotatable bonds is 7. The summed E-state index contributed by atoms with van der Waals surface area (Å²) < 4.78 is 56.2. The third-order valence-corrected chi connectivity index (χ3v) is 7.60. The van der Waals surface area contributed by atoms with Crippen molar-refractivity contribution < 1.29 is 27.2 Å². The second-order valence-electron chi connectivity index (χ2n) is 10.3. The lowest BCUT2D eigenvalue weighted by Crippen LogP contribution is -2.49. The largest absolute Gasteiger partial charge is 0.417 e. The number of nitrogens with one attached hydrogen (secondary N) is 1. The Morgan fingerprint density at radius 2 is 1.93 bits per heavy atom. The summed E-state index contributed by atoms with van der Waals surface area (Å²) >= 11 is 0. The van der Waals surface area contributed by atoms with Gasteiger partial charge in [-0.05, 0) is 50.6 Å². The van der Waals surface area contributed by atoms with Gasteiger partial charge in [0.15, 0.2) is 0 Å². The average Bonchev–Trinajstić information content (AvgIpc) is 2.96. The van der Waals surface area contributed by atoms with E-state index in [1.807, 2.05) is 4.90 Å². The van der Waals surface area contributed by atoms with Crippen molar-refractivity contribution in [2.45, 2.75) is 32.0 Å². The zero-order chi connectivity index (χ0) is 30.6. The highest BCUT2D eigenvalue weighted by Gasteiger charge is 2.37. The van der Waals surface area contributed by atoms with Gasteiger partial charge in [-0.15, -0.1) is 0 Å². The number of aromatic nitrogens is 1. The Balaban J connectivity index is 1.54. The molecule has 1 fully saturated rings. The van der Waals surface area contributed by atoms with Gasteiger partial charge in [-0.3, -0.25) is 14.5 Å². The van der Waals surface area contributed by atoms with Crippen molar-refractivity contribution in [3.8, 4) is 6.07 Å². The van der Waals surface area contributed by atoms with Crippen LogP contribution in [0.2, 0.25) is 0 Å². The second kappa shape index (κ2) is 12.8. The molecule has 3 heterocycles. The summed E-state index contributed by atoms with van der Waals surface area (Å²) in [5.41, 5.74) is -1.17. The number of hydrogen-bond acceptors (Lipinski definition) is 7. The number of halogens is 4.